The molecule has 1 amide bonds. The number of fused-ring (bicyclic) bond motifs is 1. The number of rotatable bonds is 13. The molecule has 0 saturated carbocycles. The molecule has 5 nitrogen and oxygen atoms in total. The lowest BCUT2D eigenvalue weighted by Crippen LogP contribution is -2.34. The van der Waals surface area contributed by atoms with Crippen molar-refractivity contribution in [2.75, 3.05) is 26.2 Å². The zero-order valence-corrected chi connectivity index (χ0v) is 27.1. The van der Waals surface area contributed by atoms with Crippen molar-refractivity contribution in [1.82, 2.24) is 19.8 Å². The second-order valence-electron chi connectivity index (χ2n) is 12.6. The van der Waals surface area contributed by atoms with Crippen molar-refractivity contribution in [3.8, 4) is 11.4 Å². The average molecular weight is 573 g/mol. The molecule has 2 aromatic carbocycles. The molecule has 3 aromatic rings. The smallest absolute Gasteiger partial charge is 0.253 e. The number of hydrogen-bond donors (Lipinski definition) is 1. The van der Waals surface area contributed by atoms with Crippen LogP contribution in [0.15, 0.2) is 49.0 Å². The van der Waals surface area contributed by atoms with Gasteiger partial charge in [0.1, 0.15) is 5.82 Å². The Kier molecular flexibility index (Phi) is 14.3. The monoisotopic (exact) mass is 572 g/mol. The minimum absolute atomic E-state index is 0.129. The van der Waals surface area contributed by atoms with E-state index in [0.717, 1.165) is 78.9 Å². The zero-order chi connectivity index (χ0) is 30.3. The van der Waals surface area contributed by atoms with E-state index in [4.69, 9.17) is 4.98 Å². The molecule has 1 aromatic heterocycles. The summed E-state index contributed by atoms with van der Waals surface area (Å²) in [6, 6.07) is 14.4. The van der Waals surface area contributed by atoms with Crippen LogP contribution in [0.5, 0.6) is 0 Å². The first-order chi connectivity index (χ1) is 20.3. The molecule has 1 aliphatic heterocycles. The fraction of sp³-hybridized carbons (Fsp3) is 0.568. The van der Waals surface area contributed by atoms with E-state index in [-0.39, 0.29) is 5.91 Å². The van der Waals surface area contributed by atoms with Gasteiger partial charge in [0.25, 0.3) is 5.91 Å². The highest BCUT2D eigenvalue weighted by molar-refractivity contribution is 5.98. The Hall–Kier alpha value is -2.92. The van der Waals surface area contributed by atoms with Crippen molar-refractivity contribution >= 4 is 23.0 Å². The van der Waals surface area contributed by atoms with E-state index in [2.05, 4.69) is 81.4 Å². The molecular weight excluding hydrogens is 516 g/mol. The number of imidazole rings is 1. The maximum atomic E-state index is 13.6. The fourth-order valence-corrected chi connectivity index (χ4v) is 5.33. The third-order valence-electron chi connectivity index (χ3n) is 8.06. The van der Waals surface area contributed by atoms with Crippen LogP contribution in [-0.2, 0) is 6.54 Å². The number of aromatic nitrogens is 2. The van der Waals surface area contributed by atoms with Gasteiger partial charge in [0.2, 0.25) is 0 Å². The molecule has 5 heteroatoms. The maximum Gasteiger partial charge on any atom is 0.253 e. The van der Waals surface area contributed by atoms with E-state index in [1.807, 2.05) is 23.1 Å². The lowest BCUT2D eigenvalue weighted by Gasteiger charge is -2.24. The first-order valence-corrected chi connectivity index (χ1v) is 16.6. The zero-order valence-electron chi connectivity index (χ0n) is 27.1. The summed E-state index contributed by atoms with van der Waals surface area (Å²) in [5.74, 6) is 2.23. The van der Waals surface area contributed by atoms with Gasteiger partial charge in [-0.3, -0.25) is 4.79 Å². The quantitative estimate of drug-likeness (QED) is 0.208. The Balaban J connectivity index is 0.000000603. The molecule has 42 heavy (non-hydrogen) atoms. The molecule has 1 fully saturated rings. The van der Waals surface area contributed by atoms with Gasteiger partial charge in [0.05, 0.1) is 11.0 Å². The van der Waals surface area contributed by atoms with Crippen LogP contribution in [0.25, 0.3) is 28.5 Å². The summed E-state index contributed by atoms with van der Waals surface area (Å²) in [7, 11) is 0. The molecule has 0 aliphatic carbocycles. The van der Waals surface area contributed by atoms with Crippen LogP contribution in [0.4, 0.5) is 0 Å². The topological polar surface area (TPSA) is 50.2 Å². The summed E-state index contributed by atoms with van der Waals surface area (Å²) < 4.78 is 2.30. The molecule has 1 saturated heterocycles. The van der Waals surface area contributed by atoms with Gasteiger partial charge in [-0.2, -0.15) is 0 Å². The summed E-state index contributed by atoms with van der Waals surface area (Å²) in [5, 5.41) is 3.35. The van der Waals surface area contributed by atoms with Gasteiger partial charge in [-0.15, -0.1) is 0 Å². The molecule has 0 spiro atoms. The van der Waals surface area contributed by atoms with Crippen molar-refractivity contribution < 1.29 is 4.79 Å². The van der Waals surface area contributed by atoms with Crippen molar-refractivity contribution in [2.24, 2.45) is 11.8 Å². The maximum absolute atomic E-state index is 13.6. The average Bonchev–Trinajstić information content (AvgIpc) is 3.13. The predicted octanol–water partition coefficient (Wildman–Crippen LogP) is 9.22. The molecule has 4 rings (SSSR count). The third kappa shape index (κ3) is 10.4. The van der Waals surface area contributed by atoms with E-state index >= 15 is 0 Å². The van der Waals surface area contributed by atoms with Crippen molar-refractivity contribution in [3.05, 3.63) is 60.2 Å². The minimum Gasteiger partial charge on any atom is -0.339 e. The number of carbonyl (C=O) groups excluding carboxylic acids is 1. The van der Waals surface area contributed by atoms with Crippen LogP contribution in [0.2, 0.25) is 0 Å². The van der Waals surface area contributed by atoms with E-state index in [1.54, 1.807) is 0 Å². The normalized spacial score (nSPS) is 13.6. The second kappa shape index (κ2) is 17.9. The lowest BCUT2D eigenvalue weighted by molar-refractivity contribution is 0.0741. The Bertz CT molecular complexity index is 1210. The summed E-state index contributed by atoms with van der Waals surface area (Å²) in [5.41, 5.74) is 4.90. The van der Waals surface area contributed by atoms with Gasteiger partial charge in [0.15, 0.2) is 0 Å². The van der Waals surface area contributed by atoms with E-state index in [9.17, 15) is 4.79 Å². The Morgan fingerprint density at radius 1 is 0.976 bits per heavy atom. The summed E-state index contributed by atoms with van der Waals surface area (Å²) in [6.45, 7) is 20.0. The fourth-order valence-electron chi connectivity index (χ4n) is 5.33. The summed E-state index contributed by atoms with van der Waals surface area (Å²) in [4.78, 5) is 20.7. The van der Waals surface area contributed by atoms with Gasteiger partial charge < -0.3 is 14.8 Å². The van der Waals surface area contributed by atoms with Crippen LogP contribution in [0, 0.1) is 11.8 Å². The molecule has 0 radical (unpaired) electrons. The largest absolute Gasteiger partial charge is 0.339 e. The van der Waals surface area contributed by atoms with Gasteiger partial charge in [-0.25, -0.2) is 4.98 Å². The molecule has 1 aliphatic rings. The SMILES string of the molecule is C1CCCNCC1.C=Cc1cccc(-c2nc3ccc(C(=O)N(CCC(C)C)CCC(C)C)cc3n2CCCCC)c1. The molecule has 230 valence electrons. The van der Waals surface area contributed by atoms with Crippen LogP contribution >= 0.6 is 0 Å². The first kappa shape index (κ1) is 33.6. The molecule has 1 N–H and O–H groups in total. The highest BCUT2D eigenvalue weighted by Gasteiger charge is 2.20. The molecule has 0 bridgehead atoms. The third-order valence-corrected chi connectivity index (χ3v) is 8.06. The summed E-state index contributed by atoms with van der Waals surface area (Å²) >= 11 is 0. The number of benzene rings is 2. The Morgan fingerprint density at radius 2 is 1.67 bits per heavy atom. The number of unbranched alkanes of at least 4 members (excludes halogenated alkanes) is 2. The van der Waals surface area contributed by atoms with Gasteiger partial charge in [-0.05, 0) is 86.9 Å². The van der Waals surface area contributed by atoms with Crippen LogP contribution in [0.1, 0.15) is 108 Å². The number of nitrogens with one attached hydrogen (secondary N) is 1. The van der Waals surface area contributed by atoms with Crippen molar-refractivity contribution in [3.63, 3.8) is 0 Å². The predicted molar refractivity (Wildman–Crippen MR) is 181 cm³/mol. The minimum atomic E-state index is 0.129. The van der Waals surface area contributed by atoms with E-state index in [0.29, 0.717) is 11.8 Å². The number of aryl methyl sites for hydroxylation is 1. The molecule has 0 atom stereocenters. The van der Waals surface area contributed by atoms with Crippen LogP contribution in [-0.4, -0.2) is 46.5 Å². The standard InChI is InChI=1S/C31H43N3O.C6H13N/c1-7-9-10-18-34-29-22-27(31(35)33(19-16-23(3)4)20-17-24(5)6)14-15-28(29)32-30(34)26-13-11-12-25(8-2)21-26;1-2-4-6-7-5-3-1/h8,11-15,21-24H,2,7,9-10,16-20H2,1,3-6H3;7H,1-6H2. The van der Waals surface area contributed by atoms with Gasteiger partial charge in [0, 0.05) is 30.8 Å². The van der Waals surface area contributed by atoms with Gasteiger partial charge in [-0.1, -0.05) is 91.2 Å². The van der Waals surface area contributed by atoms with Crippen LogP contribution in [0.3, 0.4) is 0 Å². The second-order valence-corrected chi connectivity index (χ2v) is 12.6. The Labute approximate surface area is 255 Å². The highest BCUT2D eigenvalue weighted by atomic mass is 16.2. The van der Waals surface area contributed by atoms with Crippen molar-refractivity contribution in [1.29, 1.82) is 0 Å². The van der Waals surface area contributed by atoms with E-state index < -0.39 is 0 Å². The number of hydrogen-bond acceptors (Lipinski definition) is 3. The molecular formula is C37H56N4O. The number of amides is 1. The molecule has 2 heterocycles. The van der Waals surface area contributed by atoms with Crippen LogP contribution < -0.4 is 5.32 Å². The number of nitrogens with zero attached hydrogens (tertiary/aromatic N) is 3. The lowest BCUT2D eigenvalue weighted by atomic mass is 10.1. The van der Waals surface area contributed by atoms with Gasteiger partial charge >= 0.3 is 0 Å². The van der Waals surface area contributed by atoms with Crippen molar-refractivity contribution in [2.45, 2.75) is 99.0 Å². The van der Waals surface area contributed by atoms with E-state index in [1.165, 1.54) is 45.2 Å². The first-order valence-electron chi connectivity index (χ1n) is 16.6. The summed E-state index contributed by atoms with van der Waals surface area (Å²) in [6.07, 6.45) is 13.0. The highest BCUT2D eigenvalue weighted by Crippen LogP contribution is 2.28. The Morgan fingerprint density at radius 3 is 2.29 bits per heavy atom. The molecule has 0 unspecified atom stereocenters. The number of carbonyl (C=O) groups is 1.